The SMILES string of the molecule is COc1ccccc1C(C)NS(=O)(=O)c1cc(Cl)ccc1Cl. The molecule has 0 radical (unpaired) electrons. The van der Waals surface area contributed by atoms with Gasteiger partial charge < -0.3 is 4.74 Å². The molecular weight excluding hydrogens is 345 g/mol. The summed E-state index contributed by atoms with van der Waals surface area (Å²) in [6, 6.07) is 11.0. The Morgan fingerprint density at radius 1 is 1.14 bits per heavy atom. The van der Waals surface area contributed by atoms with Crippen molar-refractivity contribution < 1.29 is 13.2 Å². The molecule has 7 heteroatoms. The fourth-order valence-electron chi connectivity index (χ4n) is 2.07. The van der Waals surface area contributed by atoms with Gasteiger partial charge in [-0.05, 0) is 31.2 Å². The predicted octanol–water partition coefficient (Wildman–Crippen LogP) is 4.04. The molecule has 0 saturated heterocycles. The van der Waals surface area contributed by atoms with Crippen molar-refractivity contribution in [2.45, 2.75) is 17.9 Å². The van der Waals surface area contributed by atoms with Crippen LogP contribution in [0.5, 0.6) is 5.75 Å². The Kier molecular flexibility index (Phi) is 5.34. The minimum Gasteiger partial charge on any atom is -0.496 e. The molecule has 4 nitrogen and oxygen atoms in total. The molecule has 0 aliphatic carbocycles. The minimum atomic E-state index is -3.81. The van der Waals surface area contributed by atoms with E-state index in [0.29, 0.717) is 10.8 Å². The summed E-state index contributed by atoms with van der Waals surface area (Å²) in [5, 5.41) is 0.416. The normalized spacial score (nSPS) is 12.9. The molecule has 0 spiro atoms. The molecule has 22 heavy (non-hydrogen) atoms. The second kappa shape index (κ2) is 6.87. The van der Waals surface area contributed by atoms with Crippen molar-refractivity contribution in [3.8, 4) is 5.75 Å². The van der Waals surface area contributed by atoms with Crippen LogP contribution in [0.3, 0.4) is 0 Å². The number of sulfonamides is 1. The Balaban J connectivity index is 2.34. The van der Waals surface area contributed by atoms with Gasteiger partial charge in [0.2, 0.25) is 10.0 Å². The fourth-order valence-corrected chi connectivity index (χ4v) is 4.05. The minimum absolute atomic E-state index is 0.0524. The smallest absolute Gasteiger partial charge is 0.242 e. The van der Waals surface area contributed by atoms with Crippen LogP contribution in [0, 0.1) is 0 Å². The van der Waals surface area contributed by atoms with Crippen molar-refractivity contribution >= 4 is 33.2 Å². The molecule has 2 aromatic rings. The van der Waals surface area contributed by atoms with Crippen molar-refractivity contribution in [2.24, 2.45) is 0 Å². The highest BCUT2D eigenvalue weighted by Gasteiger charge is 2.23. The zero-order chi connectivity index (χ0) is 16.3. The lowest BCUT2D eigenvalue weighted by molar-refractivity contribution is 0.405. The lowest BCUT2D eigenvalue weighted by Crippen LogP contribution is -2.27. The first-order chi connectivity index (χ1) is 10.3. The Labute approximate surface area is 140 Å². The second-order valence-corrected chi connectivity index (χ2v) is 7.19. The van der Waals surface area contributed by atoms with Crippen LogP contribution in [0.15, 0.2) is 47.4 Å². The molecular formula is C15H15Cl2NO3S. The van der Waals surface area contributed by atoms with Gasteiger partial charge in [0.25, 0.3) is 0 Å². The third kappa shape index (κ3) is 3.73. The summed E-state index contributed by atoms with van der Waals surface area (Å²) in [5.41, 5.74) is 0.728. The van der Waals surface area contributed by atoms with Gasteiger partial charge in [-0.15, -0.1) is 0 Å². The van der Waals surface area contributed by atoms with Crippen LogP contribution in [0.25, 0.3) is 0 Å². The van der Waals surface area contributed by atoms with Gasteiger partial charge in [0, 0.05) is 16.6 Å². The van der Waals surface area contributed by atoms with Crippen molar-refractivity contribution in [2.75, 3.05) is 7.11 Å². The van der Waals surface area contributed by atoms with Gasteiger partial charge in [-0.2, -0.15) is 0 Å². The van der Waals surface area contributed by atoms with E-state index in [0.717, 1.165) is 5.56 Å². The van der Waals surface area contributed by atoms with Gasteiger partial charge in [-0.25, -0.2) is 13.1 Å². The number of hydrogen-bond donors (Lipinski definition) is 1. The molecule has 0 saturated carbocycles. The van der Waals surface area contributed by atoms with Crippen molar-refractivity contribution in [1.82, 2.24) is 4.72 Å². The number of para-hydroxylation sites is 1. The standard InChI is InChI=1S/C15H15Cl2NO3S/c1-10(12-5-3-4-6-14(12)21-2)18-22(19,20)15-9-11(16)7-8-13(15)17/h3-10,18H,1-2H3. The third-order valence-electron chi connectivity index (χ3n) is 3.12. The Morgan fingerprint density at radius 2 is 1.82 bits per heavy atom. The topological polar surface area (TPSA) is 55.4 Å². The summed E-state index contributed by atoms with van der Waals surface area (Å²) in [5.74, 6) is 0.606. The molecule has 0 aliphatic rings. The van der Waals surface area contributed by atoms with Crippen molar-refractivity contribution in [3.05, 3.63) is 58.1 Å². The average Bonchev–Trinajstić information content (AvgIpc) is 2.49. The molecule has 1 atom stereocenters. The summed E-state index contributed by atoms with van der Waals surface area (Å²) in [6.45, 7) is 1.73. The Morgan fingerprint density at radius 3 is 2.50 bits per heavy atom. The van der Waals surface area contributed by atoms with Crippen LogP contribution < -0.4 is 9.46 Å². The van der Waals surface area contributed by atoms with E-state index in [-0.39, 0.29) is 9.92 Å². The largest absolute Gasteiger partial charge is 0.496 e. The number of benzene rings is 2. The summed E-state index contributed by atoms with van der Waals surface area (Å²) in [7, 11) is -2.27. The van der Waals surface area contributed by atoms with E-state index < -0.39 is 16.1 Å². The molecule has 0 bridgehead atoms. The number of methoxy groups -OCH3 is 1. The zero-order valence-electron chi connectivity index (χ0n) is 12.0. The molecule has 0 aliphatic heterocycles. The van der Waals surface area contributed by atoms with Gasteiger partial charge in [0.05, 0.1) is 12.1 Å². The number of ether oxygens (including phenoxy) is 1. The van der Waals surface area contributed by atoms with Crippen LogP contribution in [0.4, 0.5) is 0 Å². The molecule has 2 aromatic carbocycles. The zero-order valence-corrected chi connectivity index (χ0v) is 14.3. The first-order valence-corrected chi connectivity index (χ1v) is 8.69. The predicted molar refractivity (Wildman–Crippen MR) is 88.2 cm³/mol. The molecule has 118 valence electrons. The molecule has 0 aromatic heterocycles. The first kappa shape index (κ1) is 17.1. The van der Waals surface area contributed by atoms with Crippen LogP contribution in [-0.2, 0) is 10.0 Å². The Bertz CT molecular complexity index is 778. The lowest BCUT2D eigenvalue weighted by Gasteiger charge is -2.18. The summed E-state index contributed by atoms with van der Waals surface area (Å²) < 4.78 is 32.8. The fraction of sp³-hybridized carbons (Fsp3) is 0.200. The Hall–Kier alpha value is -1.27. The molecule has 0 heterocycles. The van der Waals surface area contributed by atoms with Crippen molar-refractivity contribution in [3.63, 3.8) is 0 Å². The molecule has 0 amide bonds. The number of rotatable bonds is 5. The van der Waals surface area contributed by atoms with E-state index in [1.54, 1.807) is 19.1 Å². The summed E-state index contributed by atoms with van der Waals surface area (Å²) in [6.07, 6.45) is 0. The van der Waals surface area contributed by atoms with Gasteiger partial charge >= 0.3 is 0 Å². The second-order valence-electron chi connectivity index (χ2n) is 4.66. The lowest BCUT2D eigenvalue weighted by atomic mass is 10.1. The molecule has 2 rings (SSSR count). The van der Waals surface area contributed by atoms with Crippen LogP contribution >= 0.6 is 23.2 Å². The van der Waals surface area contributed by atoms with Gasteiger partial charge in [-0.3, -0.25) is 0 Å². The van der Waals surface area contributed by atoms with Crippen LogP contribution in [0.1, 0.15) is 18.5 Å². The van der Waals surface area contributed by atoms with Crippen LogP contribution in [-0.4, -0.2) is 15.5 Å². The highest BCUT2D eigenvalue weighted by Crippen LogP contribution is 2.29. The van der Waals surface area contributed by atoms with Crippen molar-refractivity contribution in [1.29, 1.82) is 0 Å². The van der Waals surface area contributed by atoms with Gasteiger partial charge in [0.15, 0.2) is 0 Å². The average molecular weight is 360 g/mol. The van der Waals surface area contributed by atoms with E-state index in [4.69, 9.17) is 27.9 Å². The van der Waals surface area contributed by atoms with E-state index in [9.17, 15) is 8.42 Å². The van der Waals surface area contributed by atoms with E-state index >= 15 is 0 Å². The number of hydrogen-bond acceptors (Lipinski definition) is 3. The van der Waals surface area contributed by atoms with E-state index in [1.807, 2.05) is 12.1 Å². The van der Waals surface area contributed by atoms with E-state index in [1.165, 1.54) is 25.3 Å². The quantitative estimate of drug-likeness (QED) is 0.876. The number of nitrogens with one attached hydrogen (secondary N) is 1. The maximum absolute atomic E-state index is 12.5. The third-order valence-corrected chi connectivity index (χ3v) is 5.38. The van der Waals surface area contributed by atoms with Crippen LogP contribution in [0.2, 0.25) is 10.0 Å². The van der Waals surface area contributed by atoms with Gasteiger partial charge in [0.1, 0.15) is 10.6 Å². The monoisotopic (exact) mass is 359 g/mol. The highest BCUT2D eigenvalue weighted by atomic mass is 35.5. The number of halogens is 2. The molecule has 0 fully saturated rings. The van der Waals surface area contributed by atoms with E-state index in [2.05, 4.69) is 4.72 Å². The van der Waals surface area contributed by atoms with Gasteiger partial charge in [-0.1, -0.05) is 41.4 Å². The molecule has 1 unspecified atom stereocenters. The highest BCUT2D eigenvalue weighted by molar-refractivity contribution is 7.89. The maximum atomic E-state index is 12.5. The maximum Gasteiger partial charge on any atom is 0.242 e. The first-order valence-electron chi connectivity index (χ1n) is 6.45. The summed E-state index contributed by atoms with van der Waals surface area (Å²) >= 11 is 11.8. The molecule has 1 N–H and O–H groups in total. The summed E-state index contributed by atoms with van der Waals surface area (Å²) in [4.78, 5) is -0.0524.